The summed E-state index contributed by atoms with van der Waals surface area (Å²) < 4.78 is 22.7. The van der Waals surface area contributed by atoms with Crippen molar-refractivity contribution in [3.8, 4) is 5.75 Å². The molecule has 0 aromatic carbocycles. The molecule has 1 saturated heterocycles. The third-order valence-electron chi connectivity index (χ3n) is 1.89. The zero-order valence-corrected chi connectivity index (χ0v) is 7.07. The van der Waals surface area contributed by atoms with E-state index in [0.29, 0.717) is 18.3 Å². The number of halogens is 1. The van der Waals surface area contributed by atoms with Crippen molar-refractivity contribution in [1.82, 2.24) is 4.98 Å². The Morgan fingerprint density at radius 1 is 1.54 bits per heavy atom. The monoisotopic (exact) mass is 183 g/mol. The average molecular weight is 183 g/mol. The minimum absolute atomic E-state index is 0.477. The molecule has 0 bridgehead atoms. The standard InChI is InChI=1S/C9H10FNO2/c10-9-2-1-8(3-11-9)13-6-7-4-12-5-7/h1-3,7H,4-6H2. The van der Waals surface area contributed by atoms with E-state index in [1.807, 2.05) is 0 Å². The minimum Gasteiger partial charge on any atom is -0.492 e. The van der Waals surface area contributed by atoms with Gasteiger partial charge in [-0.1, -0.05) is 0 Å². The van der Waals surface area contributed by atoms with Gasteiger partial charge in [-0.25, -0.2) is 4.98 Å². The van der Waals surface area contributed by atoms with Crippen LogP contribution >= 0.6 is 0 Å². The van der Waals surface area contributed by atoms with E-state index in [9.17, 15) is 4.39 Å². The second kappa shape index (κ2) is 3.70. The molecule has 2 rings (SSSR count). The van der Waals surface area contributed by atoms with E-state index in [1.165, 1.54) is 12.3 Å². The summed E-state index contributed by atoms with van der Waals surface area (Å²) in [5, 5.41) is 0. The van der Waals surface area contributed by atoms with E-state index in [4.69, 9.17) is 9.47 Å². The summed E-state index contributed by atoms with van der Waals surface area (Å²) in [6.07, 6.45) is 1.38. The Bertz CT molecular complexity index is 271. The molecule has 0 N–H and O–H groups in total. The molecule has 1 aliphatic heterocycles. The van der Waals surface area contributed by atoms with E-state index in [0.717, 1.165) is 13.2 Å². The molecule has 1 aromatic rings. The second-order valence-electron chi connectivity index (χ2n) is 3.03. The molecule has 13 heavy (non-hydrogen) atoms. The van der Waals surface area contributed by atoms with Gasteiger partial charge in [0.25, 0.3) is 0 Å². The van der Waals surface area contributed by atoms with Gasteiger partial charge in [0, 0.05) is 5.92 Å². The van der Waals surface area contributed by atoms with Crippen LogP contribution in [0.5, 0.6) is 5.75 Å². The summed E-state index contributed by atoms with van der Waals surface area (Å²) in [5.74, 6) is 0.595. The number of ether oxygens (including phenoxy) is 2. The van der Waals surface area contributed by atoms with Gasteiger partial charge in [0.1, 0.15) is 5.75 Å². The second-order valence-corrected chi connectivity index (χ2v) is 3.03. The highest BCUT2D eigenvalue weighted by atomic mass is 19.1. The highest BCUT2D eigenvalue weighted by Crippen LogP contribution is 2.14. The lowest BCUT2D eigenvalue weighted by atomic mass is 10.1. The van der Waals surface area contributed by atoms with E-state index in [-0.39, 0.29) is 0 Å². The first-order valence-corrected chi connectivity index (χ1v) is 4.17. The fraction of sp³-hybridized carbons (Fsp3) is 0.444. The minimum atomic E-state index is -0.487. The lowest BCUT2D eigenvalue weighted by molar-refractivity contribution is -0.0509. The summed E-state index contributed by atoms with van der Waals surface area (Å²) in [5.41, 5.74) is 0. The molecular weight excluding hydrogens is 173 g/mol. The number of nitrogens with zero attached hydrogens (tertiary/aromatic N) is 1. The Balaban J connectivity index is 1.83. The normalized spacial score (nSPS) is 16.7. The van der Waals surface area contributed by atoms with E-state index in [1.54, 1.807) is 6.07 Å². The van der Waals surface area contributed by atoms with Crippen LogP contribution in [0.2, 0.25) is 0 Å². The fourth-order valence-corrected chi connectivity index (χ4v) is 1.04. The molecule has 3 nitrogen and oxygen atoms in total. The molecule has 4 heteroatoms. The molecule has 0 unspecified atom stereocenters. The first-order chi connectivity index (χ1) is 6.34. The fourth-order valence-electron chi connectivity index (χ4n) is 1.04. The Morgan fingerprint density at radius 2 is 2.38 bits per heavy atom. The van der Waals surface area contributed by atoms with Crippen molar-refractivity contribution in [2.24, 2.45) is 5.92 Å². The summed E-state index contributed by atoms with van der Waals surface area (Å²) in [7, 11) is 0. The zero-order valence-electron chi connectivity index (χ0n) is 7.07. The molecule has 0 aliphatic carbocycles. The van der Waals surface area contributed by atoms with Crippen LogP contribution in [0.25, 0.3) is 0 Å². The lowest BCUT2D eigenvalue weighted by Gasteiger charge is -2.25. The first kappa shape index (κ1) is 8.44. The van der Waals surface area contributed by atoms with Gasteiger partial charge in [0.15, 0.2) is 0 Å². The van der Waals surface area contributed by atoms with Crippen molar-refractivity contribution in [3.63, 3.8) is 0 Å². The van der Waals surface area contributed by atoms with Crippen molar-refractivity contribution in [2.45, 2.75) is 0 Å². The van der Waals surface area contributed by atoms with Crippen molar-refractivity contribution in [1.29, 1.82) is 0 Å². The van der Waals surface area contributed by atoms with Crippen LogP contribution < -0.4 is 4.74 Å². The topological polar surface area (TPSA) is 31.4 Å². The van der Waals surface area contributed by atoms with Gasteiger partial charge in [-0.15, -0.1) is 0 Å². The van der Waals surface area contributed by atoms with Crippen LogP contribution in [-0.2, 0) is 4.74 Å². The smallest absolute Gasteiger partial charge is 0.213 e. The van der Waals surface area contributed by atoms with Crippen LogP contribution in [-0.4, -0.2) is 24.8 Å². The lowest BCUT2D eigenvalue weighted by Crippen LogP contribution is -2.32. The predicted molar refractivity (Wildman–Crippen MR) is 44.0 cm³/mol. The Labute approximate surface area is 75.5 Å². The van der Waals surface area contributed by atoms with Gasteiger partial charge in [0.2, 0.25) is 5.95 Å². The molecular formula is C9H10FNO2. The molecule has 0 atom stereocenters. The average Bonchev–Trinajstić information content (AvgIpc) is 2.05. The molecule has 1 aliphatic rings. The first-order valence-electron chi connectivity index (χ1n) is 4.17. The van der Waals surface area contributed by atoms with Gasteiger partial charge < -0.3 is 9.47 Å². The number of aromatic nitrogens is 1. The van der Waals surface area contributed by atoms with Crippen LogP contribution in [0.15, 0.2) is 18.3 Å². The maximum Gasteiger partial charge on any atom is 0.213 e. The van der Waals surface area contributed by atoms with Gasteiger partial charge >= 0.3 is 0 Å². The summed E-state index contributed by atoms with van der Waals surface area (Å²) in [6.45, 7) is 2.14. The molecule has 2 heterocycles. The summed E-state index contributed by atoms with van der Waals surface area (Å²) >= 11 is 0. The van der Waals surface area contributed by atoms with Gasteiger partial charge in [-0.2, -0.15) is 4.39 Å². The van der Waals surface area contributed by atoms with Crippen molar-refractivity contribution >= 4 is 0 Å². The molecule has 1 aromatic heterocycles. The molecule has 0 saturated carbocycles. The Kier molecular flexibility index (Phi) is 2.40. The van der Waals surface area contributed by atoms with Crippen molar-refractivity contribution < 1.29 is 13.9 Å². The Morgan fingerprint density at radius 3 is 2.92 bits per heavy atom. The van der Waals surface area contributed by atoms with Gasteiger partial charge in [0.05, 0.1) is 26.0 Å². The maximum absolute atomic E-state index is 12.4. The van der Waals surface area contributed by atoms with Gasteiger partial charge in [-0.3, -0.25) is 0 Å². The third kappa shape index (κ3) is 2.15. The van der Waals surface area contributed by atoms with E-state index >= 15 is 0 Å². The molecule has 70 valence electrons. The molecule has 0 radical (unpaired) electrons. The van der Waals surface area contributed by atoms with Gasteiger partial charge in [-0.05, 0) is 12.1 Å². The SMILES string of the molecule is Fc1ccc(OCC2COC2)cn1. The van der Waals surface area contributed by atoms with Crippen LogP contribution in [0.1, 0.15) is 0 Å². The van der Waals surface area contributed by atoms with Crippen molar-refractivity contribution in [3.05, 3.63) is 24.3 Å². The summed E-state index contributed by atoms with van der Waals surface area (Å²) in [6, 6.07) is 2.86. The molecule has 0 amide bonds. The van der Waals surface area contributed by atoms with Crippen molar-refractivity contribution in [2.75, 3.05) is 19.8 Å². The summed E-state index contributed by atoms with van der Waals surface area (Å²) in [4.78, 5) is 3.48. The number of pyridine rings is 1. The number of hydrogen-bond donors (Lipinski definition) is 0. The highest BCUT2D eigenvalue weighted by Gasteiger charge is 2.18. The number of hydrogen-bond acceptors (Lipinski definition) is 3. The largest absolute Gasteiger partial charge is 0.492 e. The Hall–Kier alpha value is -1.16. The molecule has 0 spiro atoms. The quantitative estimate of drug-likeness (QED) is 0.661. The van der Waals surface area contributed by atoms with Crippen LogP contribution in [0.4, 0.5) is 4.39 Å². The third-order valence-corrected chi connectivity index (χ3v) is 1.89. The van der Waals surface area contributed by atoms with E-state index < -0.39 is 5.95 Å². The maximum atomic E-state index is 12.4. The van der Waals surface area contributed by atoms with Crippen LogP contribution in [0.3, 0.4) is 0 Å². The van der Waals surface area contributed by atoms with E-state index in [2.05, 4.69) is 4.98 Å². The van der Waals surface area contributed by atoms with Crippen LogP contribution in [0, 0.1) is 11.9 Å². The highest BCUT2D eigenvalue weighted by molar-refractivity contribution is 5.16. The predicted octanol–water partition coefficient (Wildman–Crippen LogP) is 1.25. The zero-order chi connectivity index (χ0) is 9.10. The number of rotatable bonds is 3. The molecule has 1 fully saturated rings.